The van der Waals surface area contributed by atoms with Gasteiger partial charge in [-0.15, -0.1) is 0 Å². The average molecular weight is 267 g/mol. The zero-order valence-electron chi connectivity index (χ0n) is 10.9. The fourth-order valence-electron chi connectivity index (χ4n) is 2.00. The van der Waals surface area contributed by atoms with Gasteiger partial charge in [0, 0.05) is 11.6 Å². The van der Waals surface area contributed by atoms with Gasteiger partial charge in [-0.2, -0.15) is 0 Å². The number of benzene rings is 2. The molecular formula is C16H13NO3. The third-order valence-electron chi connectivity index (χ3n) is 2.99. The van der Waals surface area contributed by atoms with Gasteiger partial charge in [-0.1, -0.05) is 12.1 Å². The number of hydrogen-bond acceptors (Lipinski definition) is 4. The summed E-state index contributed by atoms with van der Waals surface area (Å²) in [5, 5.41) is 10.5. The predicted molar refractivity (Wildman–Crippen MR) is 76.5 cm³/mol. The van der Waals surface area contributed by atoms with Crippen molar-refractivity contribution in [2.45, 2.75) is 0 Å². The molecule has 0 unspecified atom stereocenters. The van der Waals surface area contributed by atoms with Crippen molar-refractivity contribution in [3.8, 4) is 23.0 Å². The first-order valence-electron chi connectivity index (χ1n) is 6.16. The van der Waals surface area contributed by atoms with Crippen LogP contribution in [0.2, 0.25) is 0 Å². The Labute approximate surface area is 116 Å². The smallest absolute Gasteiger partial charge is 0.169 e. The van der Waals surface area contributed by atoms with E-state index in [4.69, 9.17) is 9.47 Å². The maximum Gasteiger partial charge on any atom is 0.169 e. The highest BCUT2D eigenvalue weighted by Crippen LogP contribution is 2.33. The van der Waals surface area contributed by atoms with Gasteiger partial charge < -0.3 is 14.6 Å². The fraction of sp³-hybridized carbons (Fsp3) is 0.0625. The van der Waals surface area contributed by atoms with Crippen molar-refractivity contribution < 1.29 is 14.6 Å². The molecule has 0 atom stereocenters. The van der Waals surface area contributed by atoms with Crippen LogP contribution in [0.3, 0.4) is 0 Å². The molecule has 0 amide bonds. The molecule has 1 heterocycles. The van der Waals surface area contributed by atoms with Crippen molar-refractivity contribution in [1.82, 2.24) is 4.98 Å². The number of para-hydroxylation sites is 2. The monoisotopic (exact) mass is 267 g/mol. The number of ether oxygens (including phenoxy) is 2. The second-order valence-corrected chi connectivity index (χ2v) is 4.26. The van der Waals surface area contributed by atoms with Crippen LogP contribution in [0.1, 0.15) is 0 Å². The normalized spacial score (nSPS) is 10.4. The van der Waals surface area contributed by atoms with Crippen LogP contribution < -0.4 is 9.47 Å². The summed E-state index contributed by atoms with van der Waals surface area (Å²) in [5.41, 5.74) is 0.720. The molecule has 4 nitrogen and oxygen atoms in total. The minimum Gasteiger partial charge on any atom is -0.507 e. The summed E-state index contributed by atoms with van der Waals surface area (Å²) in [6.45, 7) is 0. The third-order valence-corrected chi connectivity index (χ3v) is 2.99. The molecule has 3 aromatic rings. The van der Waals surface area contributed by atoms with Crippen molar-refractivity contribution in [2.75, 3.05) is 7.11 Å². The van der Waals surface area contributed by atoms with E-state index in [1.54, 1.807) is 37.6 Å². The second kappa shape index (κ2) is 5.09. The summed E-state index contributed by atoms with van der Waals surface area (Å²) in [6.07, 6.45) is 1.57. The Morgan fingerprint density at radius 3 is 2.60 bits per heavy atom. The molecule has 0 bridgehead atoms. The van der Waals surface area contributed by atoms with Crippen LogP contribution in [0, 0.1) is 0 Å². The SMILES string of the molecule is COc1ccccc1Oc1ccc2nccc(O)c2c1. The summed E-state index contributed by atoms with van der Waals surface area (Å²) in [4.78, 5) is 4.18. The zero-order chi connectivity index (χ0) is 13.9. The van der Waals surface area contributed by atoms with Crippen LogP contribution in [-0.2, 0) is 0 Å². The molecule has 0 aliphatic carbocycles. The first-order valence-corrected chi connectivity index (χ1v) is 6.16. The topological polar surface area (TPSA) is 51.6 Å². The van der Waals surface area contributed by atoms with Gasteiger partial charge >= 0.3 is 0 Å². The summed E-state index contributed by atoms with van der Waals surface area (Å²) >= 11 is 0. The van der Waals surface area contributed by atoms with Crippen molar-refractivity contribution in [2.24, 2.45) is 0 Å². The van der Waals surface area contributed by atoms with Crippen LogP contribution >= 0.6 is 0 Å². The van der Waals surface area contributed by atoms with E-state index in [1.807, 2.05) is 24.3 Å². The second-order valence-electron chi connectivity index (χ2n) is 4.26. The van der Waals surface area contributed by atoms with Crippen molar-refractivity contribution >= 4 is 10.9 Å². The molecule has 0 spiro atoms. The van der Waals surface area contributed by atoms with E-state index in [1.165, 1.54) is 0 Å². The summed E-state index contributed by atoms with van der Waals surface area (Å²) in [6, 6.07) is 14.3. The lowest BCUT2D eigenvalue weighted by Gasteiger charge is -2.10. The van der Waals surface area contributed by atoms with E-state index in [0.29, 0.717) is 22.6 Å². The largest absolute Gasteiger partial charge is 0.507 e. The molecule has 0 saturated heterocycles. The lowest BCUT2D eigenvalue weighted by atomic mass is 10.2. The summed E-state index contributed by atoms with van der Waals surface area (Å²) in [7, 11) is 1.60. The minimum absolute atomic E-state index is 0.181. The molecule has 0 aliphatic rings. The molecule has 3 rings (SSSR count). The van der Waals surface area contributed by atoms with Crippen molar-refractivity contribution in [3.05, 3.63) is 54.7 Å². The van der Waals surface area contributed by atoms with E-state index < -0.39 is 0 Å². The van der Waals surface area contributed by atoms with Crippen molar-refractivity contribution in [1.29, 1.82) is 0 Å². The molecule has 1 N–H and O–H groups in total. The van der Waals surface area contributed by atoms with Crippen LogP contribution in [0.15, 0.2) is 54.7 Å². The predicted octanol–water partition coefficient (Wildman–Crippen LogP) is 3.74. The van der Waals surface area contributed by atoms with Gasteiger partial charge in [0.2, 0.25) is 0 Å². The maximum absolute atomic E-state index is 9.84. The molecule has 4 heteroatoms. The maximum atomic E-state index is 9.84. The van der Waals surface area contributed by atoms with Crippen LogP contribution in [0.25, 0.3) is 10.9 Å². The number of nitrogens with zero attached hydrogens (tertiary/aromatic N) is 1. The number of rotatable bonds is 3. The Balaban J connectivity index is 2.01. The number of pyridine rings is 1. The summed E-state index contributed by atoms with van der Waals surface area (Å²) in [5.74, 6) is 2.08. The average Bonchev–Trinajstić information content (AvgIpc) is 2.49. The van der Waals surface area contributed by atoms with Crippen molar-refractivity contribution in [3.63, 3.8) is 0 Å². The third kappa shape index (κ3) is 2.23. The van der Waals surface area contributed by atoms with E-state index >= 15 is 0 Å². The van der Waals surface area contributed by atoms with Crippen LogP contribution in [-0.4, -0.2) is 17.2 Å². The van der Waals surface area contributed by atoms with E-state index in [9.17, 15) is 5.11 Å². The molecule has 0 aliphatic heterocycles. The standard InChI is InChI=1S/C16H13NO3/c1-19-15-4-2-3-5-16(15)20-11-6-7-13-12(10-11)14(18)8-9-17-13/h2-10H,1H3,(H,17,18). The van der Waals surface area contributed by atoms with Gasteiger partial charge in [0.1, 0.15) is 11.5 Å². The van der Waals surface area contributed by atoms with E-state index in [-0.39, 0.29) is 5.75 Å². The van der Waals surface area contributed by atoms with Gasteiger partial charge in [-0.25, -0.2) is 0 Å². The first kappa shape index (κ1) is 12.3. The molecule has 0 fully saturated rings. The van der Waals surface area contributed by atoms with Gasteiger partial charge in [-0.3, -0.25) is 4.98 Å². The highest BCUT2D eigenvalue weighted by Gasteiger charge is 2.07. The number of aromatic hydroxyl groups is 1. The Kier molecular flexibility index (Phi) is 3.13. The molecule has 1 aromatic heterocycles. The first-order chi connectivity index (χ1) is 9.78. The molecular weight excluding hydrogens is 254 g/mol. The summed E-state index contributed by atoms with van der Waals surface area (Å²) < 4.78 is 11.0. The highest BCUT2D eigenvalue weighted by molar-refractivity contribution is 5.85. The number of aromatic nitrogens is 1. The van der Waals surface area contributed by atoms with Gasteiger partial charge in [0.25, 0.3) is 0 Å². The Morgan fingerprint density at radius 2 is 1.80 bits per heavy atom. The highest BCUT2D eigenvalue weighted by atomic mass is 16.5. The quantitative estimate of drug-likeness (QED) is 0.785. The molecule has 100 valence electrons. The lowest BCUT2D eigenvalue weighted by molar-refractivity contribution is 0.379. The molecule has 0 radical (unpaired) electrons. The van der Waals surface area contributed by atoms with Gasteiger partial charge in [-0.05, 0) is 36.4 Å². The fourth-order valence-corrected chi connectivity index (χ4v) is 2.00. The molecule has 2 aromatic carbocycles. The van der Waals surface area contributed by atoms with Crippen LogP contribution in [0.4, 0.5) is 0 Å². The van der Waals surface area contributed by atoms with Gasteiger partial charge in [0.15, 0.2) is 11.5 Å². The van der Waals surface area contributed by atoms with Gasteiger partial charge in [0.05, 0.1) is 12.6 Å². The van der Waals surface area contributed by atoms with E-state index in [0.717, 1.165) is 5.52 Å². The van der Waals surface area contributed by atoms with Crippen LogP contribution in [0.5, 0.6) is 23.0 Å². The Morgan fingerprint density at radius 1 is 1.00 bits per heavy atom. The molecule has 0 saturated carbocycles. The number of fused-ring (bicyclic) bond motifs is 1. The Bertz CT molecular complexity index is 756. The van der Waals surface area contributed by atoms with E-state index in [2.05, 4.69) is 4.98 Å². The minimum atomic E-state index is 0.181. The number of hydrogen-bond donors (Lipinski definition) is 1. The Hall–Kier alpha value is -2.75. The number of methoxy groups -OCH3 is 1. The molecule has 20 heavy (non-hydrogen) atoms. The zero-order valence-corrected chi connectivity index (χ0v) is 10.9. The lowest BCUT2D eigenvalue weighted by Crippen LogP contribution is -1.90.